The fraction of sp³-hybridized carbons (Fsp3) is 0.250. The van der Waals surface area contributed by atoms with Gasteiger partial charge in [-0.2, -0.15) is 0 Å². The minimum absolute atomic E-state index is 0.106. The maximum atomic E-state index is 12.5. The van der Waals surface area contributed by atoms with E-state index in [0.717, 1.165) is 10.0 Å². The first-order valence-electron chi connectivity index (χ1n) is 8.98. The molecule has 2 rings (SSSR count). The summed E-state index contributed by atoms with van der Waals surface area (Å²) in [6.07, 6.45) is 0. The predicted octanol–water partition coefficient (Wildman–Crippen LogP) is 3.26. The summed E-state index contributed by atoms with van der Waals surface area (Å²) in [6, 6.07) is 6.63. The number of aryl methyl sites for hydroxylation is 1. The molecular weight excluding hydrogens is 570 g/mol. The third-order valence-electron chi connectivity index (χ3n) is 4.01. The molecule has 0 heterocycles. The second-order valence-corrected chi connectivity index (χ2v) is 8.37. The minimum Gasteiger partial charge on any atom is -0.493 e. The van der Waals surface area contributed by atoms with Gasteiger partial charge in [-0.15, -0.1) is 0 Å². The average Bonchev–Trinajstić information content (AvgIpc) is 2.75. The molecule has 9 nitrogen and oxygen atoms in total. The number of rotatable bonds is 7. The fourth-order valence-corrected chi connectivity index (χ4v) is 4.32. The van der Waals surface area contributed by atoms with E-state index in [1.54, 1.807) is 0 Å². The van der Waals surface area contributed by atoms with Crippen LogP contribution in [0, 0.1) is 6.92 Å². The monoisotopic (exact) mass is 589 g/mol. The number of hydrogen-bond donors (Lipinski definition) is 3. The number of halogens is 2. The van der Waals surface area contributed by atoms with Crippen LogP contribution in [0.5, 0.6) is 23.0 Å². The lowest BCUT2D eigenvalue weighted by atomic mass is 10.1. The first kappa shape index (κ1) is 25.7. The van der Waals surface area contributed by atoms with E-state index in [9.17, 15) is 9.59 Å². The van der Waals surface area contributed by atoms with Crippen molar-refractivity contribution in [2.75, 3.05) is 27.9 Å². The maximum Gasteiger partial charge on any atom is 0.269 e. The highest BCUT2D eigenvalue weighted by Crippen LogP contribution is 2.38. The number of carbonyl (C=O) groups is 2. The lowest BCUT2D eigenvalue weighted by Gasteiger charge is -2.15. The van der Waals surface area contributed by atoms with Gasteiger partial charge in [-0.05, 0) is 64.9 Å². The first-order chi connectivity index (χ1) is 15.2. The highest BCUT2D eigenvalue weighted by atomic mass is 79.9. The summed E-state index contributed by atoms with van der Waals surface area (Å²) in [5.41, 5.74) is 5.92. The Balaban J connectivity index is 1.91. The smallest absolute Gasteiger partial charge is 0.269 e. The van der Waals surface area contributed by atoms with Crippen molar-refractivity contribution in [2.45, 2.75) is 6.92 Å². The lowest BCUT2D eigenvalue weighted by Crippen LogP contribution is -2.49. The molecule has 0 saturated heterocycles. The Morgan fingerprint density at radius 2 is 1.56 bits per heavy atom. The third-order valence-corrected chi connectivity index (χ3v) is 5.26. The second kappa shape index (κ2) is 11.9. The minimum atomic E-state index is -0.536. The molecule has 3 N–H and O–H groups in total. The quantitative estimate of drug-likeness (QED) is 0.333. The number of thiocarbonyl (C=S) groups is 1. The third kappa shape index (κ3) is 6.71. The lowest BCUT2D eigenvalue weighted by molar-refractivity contribution is -0.121. The van der Waals surface area contributed by atoms with E-state index >= 15 is 0 Å². The Morgan fingerprint density at radius 3 is 2.09 bits per heavy atom. The molecule has 0 aliphatic heterocycles. The highest BCUT2D eigenvalue weighted by molar-refractivity contribution is 9.11. The first-order valence-corrected chi connectivity index (χ1v) is 11.0. The molecule has 0 spiro atoms. The van der Waals surface area contributed by atoms with Crippen LogP contribution in [0.15, 0.2) is 33.2 Å². The van der Waals surface area contributed by atoms with Gasteiger partial charge < -0.3 is 18.9 Å². The predicted molar refractivity (Wildman–Crippen MR) is 130 cm³/mol. The molecule has 2 aromatic rings. The zero-order chi connectivity index (χ0) is 23.8. The Kier molecular flexibility index (Phi) is 9.54. The molecule has 2 amide bonds. The van der Waals surface area contributed by atoms with Gasteiger partial charge >= 0.3 is 0 Å². The summed E-state index contributed by atoms with van der Waals surface area (Å²) in [4.78, 5) is 24.6. The van der Waals surface area contributed by atoms with Gasteiger partial charge in [0.1, 0.15) is 5.75 Å². The van der Waals surface area contributed by atoms with Gasteiger partial charge in [-0.25, -0.2) is 0 Å². The van der Waals surface area contributed by atoms with Crippen LogP contribution >= 0.6 is 44.1 Å². The van der Waals surface area contributed by atoms with Crippen molar-refractivity contribution in [1.82, 2.24) is 16.2 Å². The number of methoxy groups -OCH3 is 3. The average molecular weight is 591 g/mol. The summed E-state index contributed by atoms with van der Waals surface area (Å²) >= 11 is 11.8. The van der Waals surface area contributed by atoms with E-state index in [2.05, 4.69) is 48.0 Å². The zero-order valence-electron chi connectivity index (χ0n) is 17.6. The van der Waals surface area contributed by atoms with Gasteiger partial charge in [0.15, 0.2) is 23.2 Å². The number of ether oxygens (including phenoxy) is 4. The Morgan fingerprint density at radius 1 is 0.938 bits per heavy atom. The van der Waals surface area contributed by atoms with E-state index in [-0.39, 0.29) is 17.3 Å². The Labute approximate surface area is 207 Å². The van der Waals surface area contributed by atoms with Gasteiger partial charge in [0.2, 0.25) is 5.75 Å². The molecule has 0 aliphatic rings. The van der Waals surface area contributed by atoms with Crippen molar-refractivity contribution in [1.29, 1.82) is 0 Å². The fourth-order valence-electron chi connectivity index (χ4n) is 2.60. The van der Waals surface area contributed by atoms with E-state index in [1.165, 1.54) is 33.5 Å². The SMILES string of the molecule is COc1cc(C(=O)NNC(=S)NC(=O)COc2c(C)cc(Br)cc2Br)cc(OC)c1OC. The Hall–Kier alpha value is -2.57. The van der Waals surface area contributed by atoms with E-state index in [0.29, 0.717) is 27.5 Å². The maximum absolute atomic E-state index is 12.5. The molecule has 0 atom stereocenters. The molecular formula is C20H21Br2N3O6S. The summed E-state index contributed by atoms with van der Waals surface area (Å²) in [7, 11) is 4.35. The van der Waals surface area contributed by atoms with Crippen LogP contribution in [0.4, 0.5) is 0 Å². The van der Waals surface area contributed by atoms with Crippen molar-refractivity contribution in [3.8, 4) is 23.0 Å². The molecule has 0 radical (unpaired) electrons. The van der Waals surface area contributed by atoms with Gasteiger partial charge in [0.25, 0.3) is 11.8 Å². The highest BCUT2D eigenvalue weighted by Gasteiger charge is 2.17. The van der Waals surface area contributed by atoms with Crippen LogP contribution < -0.4 is 35.1 Å². The van der Waals surface area contributed by atoms with Crippen LogP contribution in [0.3, 0.4) is 0 Å². The standard InChI is InChI=1S/C20H21Br2N3O6S/c1-10-5-12(21)8-13(22)17(10)31-9-16(26)23-20(32)25-24-19(27)11-6-14(28-2)18(30-4)15(7-11)29-3/h5-8H,9H2,1-4H3,(H,24,27)(H2,23,25,26,32). The summed E-state index contributed by atoms with van der Waals surface area (Å²) < 4.78 is 22.8. The number of amides is 2. The number of benzene rings is 2. The van der Waals surface area contributed by atoms with Crippen LogP contribution in [0.1, 0.15) is 15.9 Å². The van der Waals surface area contributed by atoms with Gasteiger partial charge in [0, 0.05) is 10.0 Å². The number of carbonyl (C=O) groups excluding carboxylic acids is 2. The number of nitrogens with one attached hydrogen (secondary N) is 3. The van der Waals surface area contributed by atoms with Gasteiger partial charge in [0.05, 0.1) is 25.8 Å². The normalized spacial score (nSPS) is 10.1. The Bertz CT molecular complexity index is 986. The van der Waals surface area contributed by atoms with Crippen molar-refractivity contribution < 1.29 is 28.5 Å². The molecule has 0 fully saturated rings. The molecule has 0 saturated carbocycles. The van der Waals surface area contributed by atoms with Crippen LogP contribution in [-0.4, -0.2) is 44.9 Å². The molecule has 0 unspecified atom stereocenters. The summed E-state index contributed by atoms with van der Waals surface area (Å²) in [6.45, 7) is 1.58. The van der Waals surface area contributed by atoms with Crippen LogP contribution in [0.2, 0.25) is 0 Å². The van der Waals surface area contributed by atoms with E-state index in [4.69, 9.17) is 31.2 Å². The molecule has 0 aromatic heterocycles. The second-order valence-electron chi connectivity index (χ2n) is 6.19. The summed E-state index contributed by atoms with van der Waals surface area (Å²) in [5.74, 6) is 0.497. The molecule has 172 valence electrons. The topological polar surface area (TPSA) is 107 Å². The molecule has 2 aromatic carbocycles. The zero-order valence-corrected chi connectivity index (χ0v) is 21.6. The van der Waals surface area contributed by atoms with E-state index < -0.39 is 11.8 Å². The summed E-state index contributed by atoms with van der Waals surface area (Å²) in [5, 5.41) is 2.31. The van der Waals surface area contributed by atoms with Crippen molar-refractivity contribution in [3.63, 3.8) is 0 Å². The molecule has 32 heavy (non-hydrogen) atoms. The van der Waals surface area contributed by atoms with Crippen molar-refractivity contribution >= 4 is 61.0 Å². The van der Waals surface area contributed by atoms with Crippen LogP contribution in [-0.2, 0) is 4.79 Å². The molecule has 0 bridgehead atoms. The number of hydrazine groups is 1. The molecule has 12 heteroatoms. The van der Waals surface area contributed by atoms with Crippen molar-refractivity contribution in [3.05, 3.63) is 44.3 Å². The number of hydrogen-bond acceptors (Lipinski definition) is 7. The van der Waals surface area contributed by atoms with Gasteiger partial charge in [-0.1, -0.05) is 15.9 Å². The largest absolute Gasteiger partial charge is 0.493 e. The van der Waals surface area contributed by atoms with Gasteiger partial charge in [-0.3, -0.25) is 25.8 Å². The van der Waals surface area contributed by atoms with Crippen molar-refractivity contribution in [2.24, 2.45) is 0 Å². The molecule has 0 aliphatic carbocycles. The van der Waals surface area contributed by atoms with E-state index in [1.807, 2.05) is 19.1 Å². The van der Waals surface area contributed by atoms with Crippen LogP contribution in [0.25, 0.3) is 0 Å².